The molecule has 0 unspecified atom stereocenters. The van der Waals surface area contributed by atoms with Crippen LogP contribution in [0.3, 0.4) is 0 Å². The summed E-state index contributed by atoms with van der Waals surface area (Å²) in [6.45, 7) is 0.170. The standard InChI is InChI=1S/C17H19N5O4/c1-26-12-4-2-11(3-5-12)10-22-15(24)13(20-17(22)25)6-7-14(23)21-16-18-8-9-19-16/h2-5,8-9,13H,6-7,10H2,1H3,(H,20,25)(H2,18,19,21,23)/t13-/m1/s1. The van der Waals surface area contributed by atoms with Gasteiger partial charge < -0.3 is 15.0 Å². The van der Waals surface area contributed by atoms with Gasteiger partial charge in [0, 0.05) is 18.8 Å². The van der Waals surface area contributed by atoms with Crippen molar-refractivity contribution >= 4 is 23.8 Å². The Hall–Kier alpha value is -3.36. The molecule has 3 N–H and O–H groups in total. The number of ether oxygens (including phenoxy) is 1. The van der Waals surface area contributed by atoms with Crippen molar-refractivity contribution < 1.29 is 19.1 Å². The highest BCUT2D eigenvalue weighted by molar-refractivity contribution is 6.04. The molecule has 0 spiro atoms. The molecule has 2 heterocycles. The molecule has 136 valence electrons. The van der Waals surface area contributed by atoms with Crippen molar-refractivity contribution in [2.75, 3.05) is 12.4 Å². The Balaban J connectivity index is 1.53. The van der Waals surface area contributed by atoms with Gasteiger partial charge >= 0.3 is 6.03 Å². The number of imidazole rings is 1. The van der Waals surface area contributed by atoms with Crippen LogP contribution in [0.2, 0.25) is 0 Å². The molecule has 1 atom stereocenters. The lowest BCUT2D eigenvalue weighted by molar-refractivity contribution is -0.128. The van der Waals surface area contributed by atoms with Crippen LogP contribution in [0.25, 0.3) is 0 Å². The van der Waals surface area contributed by atoms with Crippen LogP contribution in [-0.4, -0.2) is 45.9 Å². The van der Waals surface area contributed by atoms with E-state index in [0.717, 1.165) is 10.5 Å². The minimum absolute atomic E-state index is 0.0910. The second-order valence-corrected chi connectivity index (χ2v) is 5.80. The van der Waals surface area contributed by atoms with Crippen LogP contribution in [0.15, 0.2) is 36.7 Å². The Kier molecular flexibility index (Phi) is 5.16. The van der Waals surface area contributed by atoms with Crippen LogP contribution in [0.5, 0.6) is 5.75 Å². The number of hydrogen-bond donors (Lipinski definition) is 3. The number of anilines is 1. The largest absolute Gasteiger partial charge is 0.497 e. The third-order valence-electron chi connectivity index (χ3n) is 4.02. The van der Waals surface area contributed by atoms with Gasteiger partial charge in [0.2, 0.25) is 11.9 Å². The number of H-pyrrole nitrogens is 1. The van der Waals surface area contributed by atoms with Gasteiger partial charge in [-0.05, 0) is 24.1 Å². The van der Waals surface area contributed by atoms with E-state index in [1.165, 1.54) is 6.20 Å². The second-order valence-electron chi connectivity index (χ2n) is 5.80. The van der Waals surface area contributed by atoms with Gasteiger partial charge in [0.1, 0.15) is 11.8 Å². The number of hydrogen-bond acceptors (Lipinski definition) is 5. The summed E-state index contributed by atoms with van der Waals surface area (Å²) in [6.07, 6.45) is 3.42. The summed E-state index contributed by atoms with van der Waals surface area (Å²) in [5, 5.41) is 5.20. The molecule has 0 saturated carbocycles. The lowest BCUT2D eigenvalue weighted by atomic mass is 10.1. The number of methoxy groups -OCH3 is 1. The first-order valence-electron chi connectivity index (χ1n) is 8.11. The molecular formula is C17H19N5O4. The van der Waals surface area contributed by atoms with Crippen molar-refractivity contribution in [3.8, 4) is 5.75 Å². The quantitative estimate of drug-likeness (QED) is 0.645. The van der Waals surface area contributed by atoms with Crippen LogP contribution in [0, 0.1) is 0 Å². The van der Waals surface area contributed by atoms with Crippen molar-refractivity contribution in [2.45, 2.75) is 25.4 Å². The number of carbonyl (C=O) groups excluding carboxylic acids is 3. The number of aromatic nitrogens is 2. The number of aromatic amines is 1. The predicted molar refractivity (Wildman–Crippen MR) is 92.3 cm³/mol. The van der Waals surface area contributed by atoms with E-state index in [2.05, 4.69) is 20.6 Å². The molecule has 26 heavy (non-hydrogen) atoms. The Morgan fingerprint density at radius 3 is 2.73 bits per heavy atom. The molecule has 1 aliphatic heterocycles. The molecule has 1 aromatic carbocycles. The SMILES string of the molecule is COc1ccc(CN2C(=O)N[C@H](CCC(=O)Nc3ncc[nH]3)C2=O)cc1. The minimum atomic E-state index is -0.705. The van der Waals surface area contributed by atoms with E-state index in [-0.39, 0.29) is 31.2 Å². The van der Waals surface area contributed by atoms with Gasteiger partial charge in [0.05, 0.1) is 13.7 Å². The average molecular weight is 357 g/mol. The average Bonchev–Trinajstić information content (AvgIpc) is 3.24. The fourth-order valence-electron chi connectivity index (χ4n) is 2.64. The predicted octanol–water partition coefficient (Wildman–Crippen LogP) is 1.26. The van der Waals surface area contributed by atoms with E-state index in [1.807, 2.05) is 0 Å². The lowest BCUT2D eigenvalue weighted by Gasteiger charge is -2.13. The summed E-state index contributed by atoms with van der Waals surface area (Å²) in [5.74, 6) is 0.427. The van der Waals surface area contributed by atoms with Crippen LogP contribution >= 0.6 is 0 Å². The first kappa shape index (κ1) is 17.5. The van der Waals surface area contributed by atoms with Crippen LogP contribution < -0.4 is 15.4 Å². The molecular weight excluding hydrogens is 338 g/mol. The maximum atomic E-state index is 12.4. The molecule has 3 rings (SSSR count). The highest BCUT2D eigenvalue weighted by atomic mass is 16.5. The van der Waals surface area contributed by atoms with Crippen molar-refractivity contribution in [3.63, 3.8) is 0 Å². The smallest absolute Gasteiger partial charge is 0.325 e. The fraction of sp³-hybridized carbons (Fsp3) is 0.294. The third kappa shape index (κ3) is 4.00. The third-order valence-corrected chi connectivity index (χ3v) is 4.02. The molecule has 9 heteroatoms. The Morgan fingerprint density at radius 2 is 2.08 bits per heavy atom. The van der Waals surface area contributed by atoms with E-state index in [0.29, 0.717) is 11.7 Å². The highest BCUT2D eigenvalue weighted by Crippen LogP contribution is 2.17. The number of rotatable bonds is 7. The molecule has 0 bridgehead atoms. The number of nitrogens with one attached hydrogen (secondary N) is 3. The van der Waals surface area contributed by atoms with E-state index in [1.54, 1.807) is 37.6 Å². The van der Waals surface area contributed by atoms with Gasteiger partial charge in [-0.2, -0.15) is 0 Å². The zero-order valence-electron chi connectivity index (χ0n) is 14.2. The van der Waals surface area contributed by atoms with Crippen LogP contribution in [0.4, 0.5) is 10.7 Å². The molecule has 1 fully saturated rings. The van der Waals surface area contributed by atoms with Crippen molar-refractivity contribution in [1.29, 1.82) is 0 Å². The highest BCUT2D eigenvalue weighted by Gasteiger charge is 2.37. The number of imide groups is 1. The lowest BCUT2D eigenvalue weighted by Crippen LogP contribution is -2.31. The van der Waals surface area contributed by atoms with Crippen LogP contribution in [0.1, 0.15) is 18.4 Å². The van der Waals surface area contributed by atoms with Crippen LogP contribution in [-0.2, 0) is 16.1 Å². The van der Waals surface area contributed by atoms with Gasteiger partial charge in [0.15, 0.2) is 0 Å². The summed E-state index contributed by atoms with van der Waals surface area (Å²) in [7, 11) is 1.57. The summed E-state index contributed by atoms with van der Waals surface area (Å²) in [6, 6.07) is 5.96. The maximum absolute atomic E-state index is 12.4. The Morgan fingerprint density at radius 1 is 1.31 bits per heavy atom. The zero-order chi connectivity index (χ0) is 18.5. The van der Waals surface area contributed by atoms with Crippen molar-refractivity contribution in [1.82, 2.24) is 20.2 Å². The molecule has 0 aliphatic carbocycles. The summed E-state index contributed by atoms with van der Waals surface area (Å²) >= 11 is 0. The number of amides is 4. The number of urea groups is 1. The fourth-order valence-corrected chi connectivity index (χ4v) is 2.64. The molecule has 1 aliphatic rings. The van der Waals surface area contributed by atoms with E-state index >= 15 is 0 Å². The molecule has 0 radical (unpaired) electrons. The monoisotopic (exact) mass is 357 g/mol. The summed E-state index contributed by atoms with van der Waals surface area (Å²) < 4.78 is 5.09. The number of nitrogens with zero attached hydrogens (tertiary/aromatic N) is 2. The molecule has 2 aromatic rings. The molecule has 9 nitrogen and oxygen atoms in total. The Labute approximate surface area is 149 Å². The zero-order valence-corrected chi connectivity index (χ0v) is 14.2. The summed E-state index contributed by atoms with van der Waals surface area (Å²) in [5.41, 5.74) is 0.811. The first-order valence-corrected chi connectivity index (χ1v) is 8.11. The maximum Gasteiger partial charge on any atom is 0.325 e. The normalized spacial score (nSPS) is 16.5. The number of carbonyl (C=O) groups is 3. The van der Waals surface area contributed by atoms with Gasteiger partial charge in [-0.1, -0.05) is 12.1 Å². The molecule has 4 amide bonds. The van der Waals surface area contributed by atoms with E-state index < -0.39 is 12.1 Å². The first-order chi connectivity index (χ1) is 12.6. The van der Waals surface area contributed by atoms with Crippen molar-refractivity contribution in [2.24, 2.45) is 0 Å². The molecule has 1 saturated heterocycles. The van der Waals surface area contributed by atoms with Crippen molar-refractivity contribution in [3.05, 3.63) is 42.2 Å². The second kappa shape index (κ2) is 7.68. The van der Waals surface area contributed by atoms with Gasteiger partial charge in [-0.15, -0.1) is 0 Å². The van der Waals surface area contributed by atoms with Gasteiger partial charge in [-0.25, -0.2) is 9.78 Å². The minimum Gasteiger partial charge on any atom is -0.497 e. The van der Waals surface area contributed by atoms with E-state index in [4.69, 9.17) is 4.74 Å². The number of benzene rings is 1. The summed E-state index contributed by atoms with van der Waals surface area (Å²) in [4.78, 5) is 44.2. The Bertz CT molecular complexity index is 788. The van der Waals surface area contributed by atoms with Gasteiger partial charge in [0.25, 0.3) is 5.91 Å². The topological polar surface area (TPSA) is 116 Å². The van der Waals surface area contributed by atoms with Gasteiger partial charge in [-0.3, -0.25) is 19.8 Å². The molecule has 1 aromatic heterocycles. The van der Waals surface area contributed by atoms with E-state index in [9.17, 15) is 14.4 Å².